The molecule has 110 valence electrons. The van der Waals surface area contributed by atoms with E-state index in [-0.39, 0.29) is 11.4 Å². The van der Waals surface area contributed by atoms with Crippen LogP contribution in [0.15, 0.2) is 42.5 Å². The Morgan fingerprint density at radius 2 is 1.86 bits per heavy atom. The van der Waals surface area contributed by atoms with E-state index >= 15 is 0 Å². The van der Waals surface area contributed by atoms with E-state index in [4.69, 9.17) is 5.73 Å². The third-order valence-corrected chi connectivity index (χ3v) is 3.37. The maximum Gasteiger partial charge on any atom is 0.292 e. The Bertz CT molecular complexity index is 636. The molecule has 0 aromatic heterocycles. The second-order valence-corrected chi connectivity index (χ2v) is 5.28. The molecule has 0 aliphatic rings. The molecule has 3 N–H and O–H groups in total. The highest BCUT2D eigenvalue weighted by molar-refractivity contribution is 5.65. The Morgan fingerprint density at radius 1 is 1.19 bits per heavy atom. The molecule has 0 aliphatic carbocycles. The summed E-state index contributed by atoms with van der Waals surface area (Å²) in [5, 5.41) is 13.9. The van der Waals surface area contributed by atoms with Gasteiger partial charge in [-0.2, -0.15) is 0 Å². The number of hydrogen-bond donors (Lipinski definition) is 2. The topological polar surface area (TPSA) is 81.2 Å². The third-order valence-electron chi connectivity index (χ3n) is 3.37. The minimum atomic E-state index is -0.482. The van der Waals surface area contributed by atoms with Crippen molar-refractivity contribution in [2.24, 2.45) is 0 Å². The monoisotopic (exact) mass is 285 g/mol. The van der Waals surface area contributed by atoms with Gasteiger partial charge in [-0.3, -0.25) is 10.1 Å². The molecule has 0 heterocycles. The van der Waals surface area contributed by atoms with E-state index < -0.39 is 4.92 Å². The molecule has 0 fully saturated rings. The van der Waals surface area contributed by atoms with Gasteiger partial charge in [-0.1, -0.05) is 38.1 Å². The van der Waals surface area contributed by atoms with Crippen molar-refractivity contribution < 1.29 is 4.92 Å². The number of nitrogens with zero attached hydrogens (tertiary/aromatic N) is 1. The van der Waals surface area contributed by atoms with E-state index in [1.165, 1.54) is 11.6 Å². The van der Waals surface area contributed by atoms with Crippen LogP contribution in [-0.4, -0.2) is 4.92 Å². The largest absolute Gasteiger partial charge is 0.393 e. The van der Waals surface area contributed by atoms with Crippen molar-refractivity contribution in [2.45, 2.75) is 26.3 Å². The highest BCUT2D eigenvalue weighted by atomic mass is 16.6. The fraction of sp³-hybridized carbons (Fsp3) is 0.250. The molecule has 0 aliphatic heterocycles. The minimum Gasteiger partial charge on any atom is -0.393 e. The van der Waals surface area contributed by atoms with Gasteiger partial charge in [0.25, 0.3) is 5.69 Å². The molecule has 5 heteroatoms. The molecular weight excluding hydrogens is 266 g/mol. The maximum atomic E-state index is 10.7. The smallest absolute Gasteiger partial charge is 0.292 e. The van der Waals surface area contributed by atoms with E-state index in [9.17, 15) is 10.1 Å². The molecule has 0 radical (unpaired) electrons. The zero-order chi connectivity index (χ0) is 15.4. The van der Waals surface area contributed by atoms with Crippen molar-refractivity contribution >= 4 is 17.1 Å². The summed E-state index contributed by atoms with van der Waals surface area (Å²) in [6.07, 6.45) is 0. The highest BCUT2D eigenvalue weighted by Gasteiger charge is 2.10. The first-order valence-electron chi connectivity index (χ1n) is 6.84. The lowest BCUT2D eigenvalue weighted by Crippen LogP contribution is -2.02. The van der Waals surface area contributed by atoms with Crippen molar-refractivity contribution in [1.82, 2.24) is 0 Å². The molecular formula is C16H19N3O2. The second kappa shape index (κ2) is 6.26. The zero-order valence-electron chi connectivity index (χ0n) is 12.2. The number of nitrogens with one attached hydrogen (secondary N) is 1. The van der Waals surface area contributed by atoms with Crippen LogP contribution in [0.5, 0.6) is 0 Å². The first-order chi connectivity index (χ1) is 9.97. The summed E-state index contributed by atoms with van der Waals surface area (Å²) in [6, 6.07) is 13.1. The number of hydrogen-bond acceptors (Lipinski definition) is 4. The van der Waals surface area contributed by atoms with Crippen LogP contribution in [0, 0.1) is 10.1 Å². The molecule has 21 heavy (non-hydrogen) atoms. The highest BCUT2D eigenvalue weighted by Crippen LogP contribution is 2.25. The summed E-state index contributed by atoms with van der Waals surface area (Å²) in [5.41, 5.74) is 8.98. The van der Waals surface area contributed by atoms with Gasteiger partial charge in [-0.05, 0) is 29.2 Å². The van der Waals surface area contributed by atoms with Crippen LogP contribution in [0.3, 0.4) is 0 Å². The number of anilines is 2. The van der Waals surface area contributed by atoms with Gasteiger partial charge in [-0.25, -0.2) is 0 Å². The van der Waals surface area contributed by atoms with Gasteiger partial charge >= 0.3 is 0 Å². The molecule has 0 bridgehead atoms. The van der Waals surface area contributed by atoms with Crippen molar-refractivity contribution in [1.29, 1.82) is 0 Å². The number of nitrogen functional groups attached to an aromatic ring is 1. The van der Waals surface area contributed by atoms with Gasteiger partial charge in [0.15, 0.2) is 0 Å². The Balaban J connectivity index is 2.03. The molecule has 0 unspecified atom stereocenters. The first kappa shape index (κ1) is 14.8. The Kier molecular flexibility index (Phi) is 4.42. The third kappa shape index (κ3) is 3.72. The van der Waals surface area contributed by atoms with Crippen LogP contribution >= 0.6 is 0 Å². The molecule has 2 aromatic rings. The number of nitro groups is 1. The predicted molar refractivity (Wildman–Crippen MR) is 85.4 cm³/mol. The maximum absolute atomic E-state index is 10.7. The van der Waals surface area contributed by atoms with Crippen molar-refractivity contribution in [3.05, 3.63) is 63.7 Å². The molecule has 5 nitrogen and oxygen atoms in total. The van der Waals surface area contributed by atoms with Gasteiger partial charge in [0.05, 0.1) is 4.92 Å². The Hall–Kier alpha value is -2.56. The Labute approximate surface area is 123 Å². The average Bonchev–Trinajstić information content (AvgIpc) is 2.45. The summed E-state index contributed by atoms with van der Waals surface area (Å²) in [4.78, 5) is 10.2. The van der Waals surface area contributed by atoms with Crippen molar-refractivity contribution in [3.63, 3.8) is 0 Å². The SMILES string of the molecule is CC(C)c1ccc(CNc2ccc([N+](=O)[O-])c(N)c2)cc1. The van der Waals surface area contributed by atoms with Crippen LogP contribution in [0.2, 0.25) is 0 Å². The van der Waals surface area contributed by atoms with Gasteiger partial charge in [-0.15, -0.1) is 0 Å². The van der Waals surface area contributed by atoms with Crippen LogP contribution in [0.4, 0.5) is 17.1 Å². The van der Waals surface area contributed by atoms with Gasteiger partial charge in [0, 0.05) is 18.3 Å². The zero-order valence-corrected chi connectivity index (χ0v) is 12.2. The van der Waals surface area contributed by atoms with E-state index in [2.05, 4.69) is 43.4 Å². The molecule has 0 atom stereocenters. The van der Waals surface area contributed by atoms with Crippen LogP contribution in [0.25, 0.3) is 0 Å². The Morgan fingerprint density at radius 3 is 2.38 bits per heavy atom. The van der Waals surface area contributed by atoms with E-state index in [0.717, 1.165) is 11.3 Å². The summed E-state index contributed by atoms with van der Waals surface area (Å²) in [7, 11) is 0. The quantitative estimate of drug-likeness (QED) is 0.495. The summed E-state index contributed by atoms with van der Waals surface area (Å²) in [6.45, 7) is 4.97. The standard InChI is InChI=1S/C16H19N3O2/c1-11(2)13-5-3-12(4-6-13)10-18-14-7-8-16(19(20)21)15(17)9-14/h3-9,11,18H,10,17H2,1-2H3. The second-order valence-electron chi connectivity index (χ2n) is 5.28. The van der Waals surface area contributed by atoms with Gasteiger partial charge in [0.1, 0.15) is 5.69 Å². The first-order valence-corrected chi connectivity index (χ1v) is 6.84. The summed E-state index contributed by atoms with van der Waals surface area (Å²) >= 11 is 0. The molecule has 0 saturated carbocycles. The van der Waals surface area contributed by atoms with E-state index in [1.807, 2.05) is 0 Å². The minimum absolute atomic E-state index is 0.0677. The number of nitrogens with two attached hydrogens (primary N) is 1. The normalized spacial score (nSPS) is 10.6. The van der Waals surface area contributed by atoms with Crippen molar-refractivity contribution in [3.8, 4) is 0 Å². The lowest BCUT2D eigenvalue weighted by atomic mass is 10.0. The van der Waals surface area contributed by atoms with E-state index in [0.29, 0.717) is 12.5 Å². The van der Waals surface area contributed by atoms with Gasteiger partial charge in [0.2, 0.25) is 0 Å². The fourth-order valence-electron chi connectivity index (χ4n) is 2.06. The molecule has 2 rings (SSSR count). The van der Waals surface area contributed by atoms with Crippen LogP contribution < -0.4 is 11.1 Å². The number of nitro benzene ring substituents is 1. The predicted octanol–water partition coefficient (Wildman–Crippen LogP) is 3.91. The number of benzene rings is 2. The fourth-order valence-corrected chi connectivity index (χ4v) is 2.06. The van der Waals surface area contributed by atoms with Gasteiger partial charge < -0.3 is 11.1 Å². The molecule has 2 aromatic carbocycles. The van der Waals surface area contributed by atoms with Crippen LogP contribution in [0.1, 0.15) is 30.9 Å². The lowest BCUT2D eigenvalue weighted by Gasteiger charge is -2.09. The average molecular weight is 285 g/mol. The van der Waals surface area contributed by atoms with E-state index in [1.54, 1.807) is 12.1 Å². The van der Waals surface area contributed by atoms with Crippen LogP contribution in [-0.2, 0) is 6.54 Å². The molecule has 0 spiro atoms. The lowest BCUT2D eigenvalue weighted by molar-refractivity contribution is -0.383. The summed E-state index contributed by atoms with van der Waals surface area (Å²) in [5.74, 6) is 0.515. The molecule has 0 amide bonds. The molecule has 0 saturated heterocycles. The summed E-state index contributed by atoms with van der Waals surface area (Å²) < 4.78 is 0. The number of rotatable bonds is 5. The van der Waals surface area contributed by atoms with Crippen molar-refractivity contribution in [2.75, 3.05) is 11.1 Å².